The number of nitrogens with two attached hydrogens (primary N) is 1. The molecule has 0 aliphatic rings. The van der Waals surface area contributed by atoms with Gasteiger partial charge in [-0.05, 0) is 40.6 Å². The molecule has 0 aliphatic heterocycles. The molecule has 88 valence electrons. The maximum atomic E-state index is 10.9. The highest BCUT2D eigenvalue weighted by Gasteiger charge is 2.09. The van der Waals surface area contributed by atoms with Crippen LogP contribution in [0.1, 0.15) is 15.9 Å². The van der Waals surface area contributed by atoms with Crippen LogP contribution in [0.2, 0.25) is 0 Å². The van der Waals surface area contributed by atoms with Crippen molar-refractivity contribution in [2.45, 2.75) is 6.61 Å². The van der Waals surface area contributed by atoms with Gasteiger partial charge in [0.05, 0.1) is 5.56 Å². The van der Waals surface area contributed by atoms with Crippen LogP contribution in [-0.2, 0) is 6.61 Å². The molecule has 17 heavy (non-hydrogen) atoms. The largest absolute Gasteiger partial charge is 0.489 e. The molecule has 2 rings (SSSR count). The molecule has 3 N–H and O–H groups in total. The Kier molecular flexibility index (Phi) is 3.30. The van der Waals surface area contributed by atoms with Crippen LogP contribution in [0.4, 0.5) is 5.69 Å². The monoisotopic (exact) mass is 249 g/mol. The summed E-state index contributed by atoms with van der Waals surface area (Å²) in [5.74, 6) is -0.550. The van der Waals surface area contributed by atoms with Crippen molar-refractivity contribution in [1.82, 2.24) is 0 Å². The fraction of sp³-hybridized carbons (Fsp3) is 0.0833. The minimum atomic E-state index is -1.05. The Morgan fingerprint density at radius 2 is 2.24 bits per heavy atom. The van der Waals surface area contributed by atoms with Crippen molar-refractivity contribution in [3.8, 4) is 5.75 Å². The molecule has 1 aromatic heterocycles. The van der Waals surface area contributed by atoms with Crippen molar-refractivity contribution >= 4 is 23.0 Å². The number of carboxylic acids is 1. The first kappa shape index (κ1) is 11.5. The molecule has 0 radical (unpaired) electrons. The zero-order chi connectivity index (χ0) is 12.3. The smallest absolute Gasteiger partial charge is 0.337 e. The fourth-order valence-corrected chi connectivity index (χ4v) is 2.01. The first-order valence-corrected chi connectivity index (χ1v) is 5.88. The molecular weight excluding hydrogens is 238 g/mol. The molecular formula is C12H11NO3S. The SMILES string of the molecule is Nc1ccc(OCc2ccsc2)cc1C(=O)O. The second kappa shape index (κ2) is 4.88. The molecule has 1 heterocycles. The lowest BCUT2D eigenvalue weighted by Crippen LogP contribution is -2.03. The Hall–Kier alpha value is -2.01. The van der Waals surface area contributed by atoms with Gasteiger partial charge in [0.1, 0.15) is 12.4 Å². The van der Waals surface area contributed by atoms with Gasteiger partial charge in [0.25, 0.3) is 0 Å². The predicted molar refractivity (Wildman–Crippen MR) is 66.5 cm³/mol. The second-order valence-corrected chi connectivity index (χ2v) is 4.25. The topological polar surface area (TPSA) is 72.5 Å². The normalized spacial score (nSPS) is 10.1. The molecule has 0 saturated carbocycles. The number of thiophene rings is 1. The predicted octanol–water partition coefficient (Wildman–Crippen LogP) is 2.61. The third-order valence-electron chi connectivity index (χ3n) is 2.24. The van der Waals surface area contributed by atoms with E-state index in [4.69, 9.17) is 15.6 Å². The van der Waals surface area contributed by atoms with E-state index < -0.39 is 5.97 Å². The molecule has 0 fully saturated rings. The third-order valence-corrected chi connectivity index (χ3v) is 2.97. The highest BCUT2D eigenvalue weighted by molar-refractivity contribution is 7.07. The van der Waals surface area contributed by atoms with Crippen LogP contribution in [0.3, 0.4) is 0 Å². The number of carboxylic acid groups (broad SMARTS) is 1. The van der Waals surface area contributed by atoms with Crippen LogP contribution in [0.25, 0.3) is 0 Å². The summed E-state index contributed by atoms with van der Waals surface area (Å²) in [6, 6.07) is 6.59. The number of benzene rings is 1. The number of ether oxygens (including phenoxy) is 1. The van der Waals surface area contributed by atoms with Gasteiger partial charge in [-0.3, -0.25) is 0 Å². The van der Waals surface area contributed by atoms with Crippen molar-refractivity contribution in [2.24, 2.45) is 0 Å². The lowest BCUT2D eigenvalue weighted by atomic mass is 10.2. The molecule has 0 amide bonds. The average Bonchev–Trinajstić information content (AvgIpc) is 2.80. The Labute approximate surface area is 102 Å². The zero-order valence-electron chi connectivity index (χ0n) is 8.92. The highest BCUT2D eigenvalue weighted by Crippen LogP contribution is 2.21. The maximum Gasteiger partial charge on any atom is 0.337 e. The van der Waals surface area contributed by atoms with Gasteiger partial charge in [-0.1, -0.05) is 0 Å². The summed E-state index contributed by atoms with van der Waals surface area (Å²) in [4.78, 5) is 10.9. The number of hydrogen-bond donors (Lipinski definition) is 2. The van der Waals surface area contributed by atoms with Crippen LogP contribution < -0.4 is 10.5 Å². The maximum absolute atomic E-state index is 10.9. The van der Waals surface area contributed by atoms with Crippen LogP contribution in [-0.4, -0.2) is 11.1 Å². The van der Waals surface area contributed by atoms with E-state index in [1.807, 2.05) is 16.8 Å². The van der Waals surface area contributed by atoms with Gasteiger partial charge in [-0.15, -0.1) is 0 Å². The first-order chi connectivity index (χ1) is 8.16. The summed E-state index contributed by atoms with van der Waals surface area (Å²) in [5.41, 5.74) is 6.90. The van der Waals surface area contributed by atoms with Crippen molar-refractivity contribution in [1.29, 1.82) is 0 Å². The lowest BCUT2D eigenvalue weighted by molar-refractivity contribution is 0.0697. The lowest BCUT2D eigenvalue weighted by Gasteiger charge is -2.07. The summed E-state index contributed by atoms with van der Waals surface area (Å²) < 4.78 is 5.48. The van der Waals surface area contributed by atoms with Gasteiger partial charge in [0.2, 0.25) is 0 Å². The summed E-state index contributed by atoms with van der Waals surface area (Å²) >= 11 is 1.59. The fourth-order valence-electron chi connectivity index (χ4n) is 1.35. The molecule has 0 aliphatic carbocycles. The van der Waals surface area contributed by atoms with Crippen molar-refractivity contribution in [3.05, 3.63) is 46.2 Å². The van der Waals surface area contributed by atoms with E-state index in [1.165, 1.54) is 12.1 Å². The third kappa shape index (κ3) is 2.76. The standard InChI is InChI=1S/C12H11NO3S/c13-11-2-1-9(5-10(11)12(14)15)16-6-8-3-4-17-7-8/h1-5,7H,6,13H2,(H,14,15). The average molecular weight is 249 g/mol. The quantitative estimate of drug-likeness (QED) is 0.817. The van der Waals surface area contributed by atoms with Gasteiger partial charge in [0, 0.05) is 5.69 Å². The molecule has 0 saturated heterocycles. The van der Waals surface area contributed by atoms with Gasteiger partial charge >= 0.3 is 5.97 Å². The molecule has 0 unspecified atom stereocenters. The van der Waals surface area contributed by atoms with Crippen molar-refractivity contribution < 1.29 is 14.6 Å². The Morgan fingerprint density at radius 3 is 2.88 bits per heavy atom. The summed E-state index contributed by atoms with van der Waals surface area (Å²) in [6.07, 6.45) is 0. The molecule has 0 spiro atoms. The van der Waals surface area contributed by atoms with Crippen molar-refractivity contribution in [3.63, 3.8) is 0 Å². The zero-order valence-corrected chi connectivity index (χ0v) is 9.74. The molecule has 5 heteroatoms. The van der Waals surface area contributed by atoms with Gasteiger partial charge < -0.3 is 15.6 Å². The minimum absolute atomic E-state index is 0.0628. The molecule has 4 nitrogen and oxygen atoms in total. The van der Waals surface area contributed by atoms with E-state index in [1.54, 1.807) is 17.4 Å². The number of anilines is 1. The molecule has 1 aromatic carbocycles. The second-order valence-electron chi connectivity index (χ2n) is 3.47. The van der Waals surface area contributed by atoms with E-state index in [9.17, 15) is 4.79 Å². The van der Waals surface area contributed by atoms with E-state index >= 15 is 0 Å². The number of aromatic carboxylic acids is 1. The van der Waals surface area contributed by atoms with E-state index in [0.29, 0.717) is 12.4 Å². The number of carbonyl (C=O) groups is 1. The number of rotatable bonds is 4. The molecule has 2 aromatic rings. The van der Waals surface area contributed by atoms with E-state index in [-0.39, 0.29) is 11.3 Å². The summed E-state index contributed by atoms with van der Waals surface area (Å²) in [6.45, 7) is 0.423. The Bertz CT molecular complexity index is 523. The van der Waals surface area contributed by atoms with E-state index in [0.717, 1.165) is 5.56 Å². The summed E-state index contributed by atoms with van der Waals surface area (Å²) in [7, 11) is 0. The van der Waals surface area contributed by atoms with Gasteiger partial charge in [-0.25, -0.2) is 4.79 Å². The van der Waals surface area contributed by atoms with Crippen LogP contribution >= 0.6 is 11.3 Å². The van der Waals surface area contributed by atoms with Gasteiger partial charge in [0.15, 0.2) is 0 Å². The van der Waals surface area contributed by atoms with Crippen LogP contribution in [0, 0.1) is 0 Å². The number of hydrogen-bond acceptors (Lipinski definition) is 4. The molecule has 0 bridgehead atoms. The Balaban J connectivity index is 2.11. The van der Waals surface area contributed by atoms with Crippen LogP contribution in [0.15, 0.2) is 35.0 Å². The number of nitrogen functional groups attached to an aromatic ring is 1. The van der Waals surface area contributed by atoms with Crippen LogP contribution in [0.5, 0.6) is 5.75 Å². The van der Waals surface area contributed by atoms with Crippen molar-refractivity contribution in [2.75, 3.05) is 5.73 Å². The van der Waals surface area contributed by atoms with Gasteiger partial charge in [-0.2, -0.15) is 11.3 Å². The minimum Gasteiger partial charge on any atom is -0.489 e. The first-order valence-electron chi connectivity index (χ1n) is 4.93. The highest BCUT2D eigenvalue weighted by atomic mass is 32.1. The molecule has 0 atom stereocenters. The summed E-state index contributed by atoms with van der Waals surface area (Å²) in [5, 5.41) is 12.9. The van der Waals surface area contributed by atoms with E-state index in [2.05, 4.69) is 0 Å². The Morgan fingerprint density at radius 1 is 1.41 bits per heavy atom.